The minimum absolute atomic E-state index is 0.0386. The molecule has 0 aromatic carbocycles. The molecule has 0 aliphatic rings. The standard InChI is InChI=1S/C45H72NO8P/c1-3-5-7-9-11-13-15-17-19-21-23-25-27-29-31-33-35-37-44(48)46-39-40-53-55(50,51)54-42-43(47)41-52-45(49)38-36-34-32-30-28-26-24-22-20-18-16-14-12-10-8-6-4-2/h6,8,11-14,17-20,23-26,29-32,43,47H,3-5,7,9-10,15-16,21-22,27-28,33-42H2,1-2H3,(H,46,48)(H,50,51)/b8-6-,13-11-,14-12-,19-17-,20-18-,25-23-,26-24-,31-29-,32-30-. The summed E-state index contributed by atoms with van der Waals surface area (Å²) in [6, 6.07) is 0. The van der Waals surface area contributed by atoms with Crippen molar-refractivity contribution in [1.29, 1.82) is 0 Å². The number of hydrogen-bond acceptors (Lipinski definition) is 7. The number of carbonyl (C=O) groups is 2. The van der Waals surface area contributed by atoms with Crippen LogP contribution in [0.3, 0.4) is 0 Å². The van der Waals surface area contributed by atoms with Gasteiger partial charge in [-0.2, -0.15) is 0 Å². The van der Waals surface area contributed by atoms with Gasteiger partial charge >= 0.3 is 13.8 Å². The lowest BCUT2D eigenvalue weighted by molar-refractivity contribution is -0.147. The van der Waals surface area contributed by atoms with Crippen LogP contribution in [-0.2, 0) is 27.9 Å². The Morgan fingerprint density at radius 2 is 1.02 bits per heavy atom. The molecule has 3 N–H and O–H groups in total. The lowest BCUT2D eigenvalue weighted by Crippen LogP contribution is -2.27. The van der Waals surface area contributed by atoms with Gasteiger partial charge in [-0.05, 0) is 89.9 Å². The quantitative estimate of drug-likeness (QED) is 0.0248. The topological polar surface area (TPSA) is 131 Å². The highest BCUT2D eigenvalue weighted by Crippen LogP contribution is 2.42. The Hall–Kier alpha value is -3.33. The highest BCUT2D eigenvalue weighted by atomic mass is 31.2. The Kier molecular flexibility index (Phi) is 37.9. The van der Waals surface area contributed by atoms with Crippen molar-refractivity contribution < 1.29 is 37.9 Å². The number of phosphoric acid groups is 1. The van der Waals surface area contributed by atoms with Gasteiger partial charge in [0, 0.05) is 19.4 Å². The van der Waals surface area contributed by atoms with E-state index >= 15 is 0 Å². The van der Waals surface area contributed by atoms with Crippen LogP contribution in [0.5, 0.6) is 0 Å². The maximum absolute atomic E-state index is 12.1. The molecule has 0 aliphatic heterocycles. The molecule has 0 bridgehead atoms. The minimum Gasteiger partial charge on any atom is -0.463 e. The molecule has 9 nitrogen and oxygen atoms in total. The van der Waals surface area contributed by atoms with Gasteiger partial charge in [0.2, 0.25) is 5.91 Å². The van der Waals surface area contributed by atoms with E-state index in [1.165, 1.54) is 25.7 Å². The van der Waals surface area contributed by atoms with E-state index in [1.54, 1.807) is 0 Å². The predicted molar refractivity (Wildman–Crippen MR) is 228 cm³/mol. The Labute approximate surface area is 333 Å². The molecule has 55 heavy (non-hydrogen) atoms. The van der Waals surface area contributed by atoms with Crippen LogP contribution in [0.2, 0.25) is 0 Å². The number of carbonyl (C=O) groups excluding carboxylic acids is 2. The van der Waals surface area contributed by atoms with Gasteiger partial charge in [0.15, 0.2) is 0 Å². The zero-order valence-electron chi connectivity index (χ0n) is 33.8. The highest BCUT2D eigenvalue weighted by Gasteiger charge is 2.23. The molecule has 0 rings (SSSR count). The van der Waals surface area contributed by atoms with Crippen LogP contribution in [0, 0.1) is 0 Å². The Morgan fingerprint density at radius 3 is 1.49 bits per heavy atom. The van der Waals surface area contributed by atoms with Gasteiger partial charge in [0.1, 0.15) is 12.7 Å². The van der Waals surface area contributed by atoms with Crippen molar-refractivity contribution >= 4 is 19.7 Å². The summed E-state index contributed by atoms with van der Waals surface area (Å²) in [5, 5.41) is 12.6. The van der Waals surface area contributed by atoms with E-state index in [2.05, 4.69) is 122 Å². The smallest absolute Gasteiger partial charge is 0.463 e. The monoisotopic (exact) mass is 785 g/mol. The fourth-order valence-corrected chi connectivity index (χ4v) is 5.40. The molecule has 0 saturated heterocycles. The number of nitrogens with one attached hydrogen (secondary N) is 1. The molecular formula is C45H72NO8P. The first-order valence-electron chi connectivity index (χ1n) is 20.4. The summed E-state index contributed by atoms with van der Waals surface area (Å²) < 4.78 is 26.7. The summed E-state index contributed by atoms with van der Waals surface area (Å²) in [5.41, 5.74) is 0. The van der Waals surface area contributed by atoms with Crippen LogP contribution in [0.4, 0.5) is 0 Å². The third-order valence-electron chi connectivity index (χ3n) is 7.69. The fourth-order valence-electron chi connectivity index (χ4n) is 4.64. The molecule has 310 valence electrons. The molecule has 2 atom stereocenters. The van der Waals surface area contributed by atoms with Crippen LogP contribution in [-0.4, -0.2) is 54.3 Å². The lowest BCUT2D eigenvalue weighted by atomic mass is 10.2. The predicted octanol–water partition coefficient (Wildman–Crippen LogP) is 11.2. The van der Waals surface area contributed by atoms with Gasteiger partial charge in [-0.25, -0.2) is 4.57 Å². The third-order valence-corrected chi connectivity index (χ3v) is 8.67. The molecule has 0 fully saturated rings. The second kappa shape index (κ2) is 40.3. The van der Waals surface area contributed by atoms with Crippen molar-refractivity contribution in [2.75, 3.05) is 26.4 Å². The Bertz CT molecular complexity index is 1260. The molecule has 0 aromatic rings. The van der Waals surface area contributed by atoms with E-state index < -0.39 is 26.5 Å². The van der Waals surface area contributed by atoms with E-state index in [-0.39, 0.29) is 32.1 Å². The number of aliphatic hydroxyl groups excluding tert-OH is 1. The molecule has 0 heterocycles. The summed E-state index contributed by atoms with van der Waals surface area (Å²) in [4.78, 5) is 33.8. The molecule has 10 heteroatoms. The molecule has 0 spiro atoms. The largest absolute Gasteiger partial charge is 0.472 e. The zero-order valence-corrected chi connectivity index (χ0v) is 34.7. The van der Waals surface area contributed by atoms with Gasteiger partial charge in [0.25, 0.3) is 0 Å². The average molecular weight is 786 g/mol. The van der Waals surface area contributed by atoms with Crippen molar-refractivity contribution in [3.05, 3.63) is 109 Å². The van der Waals surface area contributed by atoms with Crippen molar-refractivity contribution in [3.8, 4) is 0 Å². The number of ether oxygens (including phenoxy) is 1. The van der Waals surface area contributed by atoms with Crippen LogP contribution in [0.25, 0.3) is 0 Å². The Morgan fingerprint density at radius 1 is 0.582 bits per heavy atom. The fraction of sp³-hybridized carbons (Fsp3) is 0.556. The van der Waals surface area contributed by atoms with Gasteiger partial charge in [-0.1, -0.05) is 136 Å². The summed E-state index contributed by atoms with van der Waals surface area (Å²) in [7, 11) is -4.45. The first-order valence-corrected chi connectivity index (χ1v) is 21.9. The molecular weight excluding hydrogens is 713 g/mol. The molecule has 0 aromatic heterocycles. The van der Waals surface area contributed by atoms with Crippen molar-refractivity contribution in [1.82, 2.24) is 5.32 Å². The van der Waals surface area contributed by atoms with Crippen molar-refractivity contribution in [2.24, 2.45) is 0 Å². The number of rotatable bonds is 36. The SMILES string of the molecule is CC/C=C\C/C=C\C/C=C\C/C=C\C/C=C\CCCC(=O)OCC(O)COP(=O)(O)OCCNC(=O)CCC/C=C\C/C=C\C/C=C\C/C=C\CCCCC. The van der Waals surface area contributed by atoms with Crippen LogP contribution < -0.4 is 5.32 Å². The molecule has 0 radical (unpaired) electrons. The van der Waals surface area contributed by atoms with Crippen molar-refractivity contribution in [3.63, 3.8) is 0 Å². The molecule has 0 aliphatic carbocycles. The summed E-state index contributed by atoms with van der Waals surface area (Å²) >= 11 is 0. The van der Waals surface area contributed by atoms with E-state index in [4.69, 9.17) is 13.8 Å². The zero-order chi connectivity index (χ0) is 40.3. The number of phosphoric ester groups is 1. The maximum atomic E-state index is 12.1. The number of unbranched alkanes of at least 4 members (excludes halogenated alkanes) is 5. The second-order valence-electron chi connectivity index (χ2n) is 12.9. The average Bonchev–Trinajstić information content (AvgIpc) is 3.17. The van der Waals surface area contributed by atoms with E-state index in [9.17, 15) is 24.2 Å². The number of aliphatic hydroxyl groups is 1. The summed E-state index contributed by atoms with van der Waals surface area (Å²) in [5.74, 6) is -0.645. The highest BCUT2D eigenvalue weighted by molar-refractivity contribution is 7.47. The maximum Gasteiger partial charge on any atom is 0.472 e. The van der Waals surface area contributed by atoms with Crippen LogP contribution >= 0.6 is 7.82 Å². The van der Waals surface area contributed by atoms with E-state index in [1.807, 2.05) is 6.08 Å². The first-order chi connectivity index (χ1) is 26.8. The number of hydrogen-bond donors (Lipinski definition) is 3. The first kappa shape index (κ1) is 51.7. The minimum atomic E-state index is -4.45. The normalized spacial score (nSPS) is 14.5. The summed E-state index contributed by atoms with van der Waals surface area (Å²) in [6.07, 6.45) is 53.2. The molecule has 1 amide bonds. The van der Waals surface area contributed by atoms with Crippen LogP contribution in [0.15, 0.2) is 109 Å². The Balaban J connectivity index is 3.80. The third kappa shape index (κ3) is 41.7. The molecule has 0 saturated carbocycles. The number of esters is 1. The van der Waals surface area contributed by atoms with Gasteiger partial charge < -0.3 is 20.1 Å². The summed E-state index contributed by atoms with van der Waals surface area (Å²) in [6.45, 7) is 3.24. The van der Waals surface area contributed by atoms with Gasteiger partial charge in [0.05, 0.1) is 13.2 Å². The van der Waals surface area contributed by atoms with Crippen molar-refractivity contribution in [2.45, 2.75) is 136 Å². The van der Waals surface area contributed by atoms with Gasteiger partial charge in [-0.3, -0.25) is 18.6 Å². The molecule has 2 unspecified atom stereocenters. The van der Waals surface area contributed by atoms with Crippen LogP contribution in [0.1, 0.15) is 129 Å². The van der Waals surface area contributed by atoms with E-state index in [0.717, 1.165) is 64.2 Å². The number of allylic oxidation sites excluding steroid dienone is 18. The lowest BCUT2D eigenvalue weighted by Gasteiger charge is -2.15. The van der Waals surface area contributed by atoms with Gasteiger partial charge in [-0.15, -0.1) is 0 Å². The number of amides is 1. The second-order valence-corrected chi connectivity index (χ2v) is 14.3. The van der Waals surface area contributed by atoms with E-state index in [0.29, 0.717) is 19.3 Å².